The van der Waals surface area contributed by atoms with Gasteiger partial charge < -0.3 is 19.6 Å². The van der Waals surface area contributed by atoms with E-state index in [1.165, 1.54) is 18.9 Å². The van der Waals surface area contributed by atoms with Crippen LogP contribution in [0.15, 0.2) is 77.4 Å². The number of halogens is 2. The van der Waals surface area contributed by atoms with Gasteiger partial charge in [-0.05, 0) is 98.8 Å². The van der Waals surface area contributed by atoms with Crippen LogP contribution in [0.3, 0.4) is 0 Å². The number of hydrogen-bond acceptors (Lipinski definition) is 8. The number of nitrogens with one attached hydrogen (secondary N) is 1. The van der Waals surface area contributed by atoms with Gasteiger partial charge in [-0.15, -0.1) is 0 Å². The van der Waals surface area contributed by atoms with Gasteiger partial charge in [-0.25, -0.2) is 9.97 Å². The van der Waals surface area contributed by atoms with E-state index in [2.05, 4.69) is 48.3 Å². The number of benzene rings is 2. The largest absolute Gasteiger partial charge is 0.480 e. The number of allylic oxidation sites excluding steroid dienone is 2. The number of likely N-dealkylation sites (tertiary alicyclic amines) is 2. The lowest BCUT2D eigenvalue weighted by Gasteiger charge is -2.39. The molecule has 4 heterocycles. The zero-order chi connectivity index (χ0) is 34.1. The summed E-state index contributed by atoms with van der Waals surface area (Å²) >= 11 is 0. The van der Waals surface area contributed by atoms with Crippen LogP contribution in [-0.4, -0.2) is 63.1 Å². The van der Waals surface area contributed by atoms with E-state index in [1.807, 2.05) is 36.5 Å². The Morgan fingerprint density at radius 2 is 1.94 bits per heavy atom. The summed E-state index contributed by atoms with van der Waals surface area (Å²) in [7, 11) is 0. The minimum atomic E-state index is -3.06. The quantitative estimate of drug-likeness (QED) is 0.169. The molecule has 11 heteroatoms. The molecule has 4 aromatic rings. The molecule has 256 valence electrons. The van der Waals surface area contributed by atoms with Crippen LogP contribution < -0.4 is 10.1 Å². The van der Waals surface area contributed by atoms with Crippen molar-refractivity contribution in [2.24, 2.45) is 5.92 Å². The highest BCUT2D eigenvalue weighted by molar-refractivity contribution is 5.79. The number of carboxylic acid groups (broad SMARTS) is 1. The second kappa shape index (κ2) is 13.7. The Balaban J connectivity index is 1.31. The van der Waals surface area contributed by atoms with Crippen molar-refractivity contribution in [1.82, 2.24) is 19.8 Å². The molecular formula is C38H41F2N5O4. The minimum Gasteiger partial charge on any atom is -0.480 e. The van der Waals surface area contributed by atoms with Crippen molar-refractivity contribution in [2.75, 3.05) is 25.0 Å². The Bertz CT molecular complexity index is 1900. The van der Waals surface area contributed by atoms with Gasteiger partial charge in [-0.1, -0.05) is 43.3 Å². The van der Waals surface area contributed by atoms with Crippen LogP contribution >= 0.6 is 0 Å². The molecule has 3 atom stereocenters. The van der Waals surface area contributed by atoms with Gasteiger partial charge in [-0.3, -0.25) is 14.6 Å². The summed E-state index contributed by atoms with van der Waals surface area (Å²) in [6.07, 6.45) is 11.6. The smallest absolute Gasteiger partial charge is 0.387 e. The molecule has 2 aliphatic heterocycles. The molecule has 0 amide bonds. The van der Waals surface area contributed by atoms with Crippen molar-refractivity contribution in [3.8, 4) is 5.75 Å². The first-order valence-corrected chi connectivity index (χ1v) is 17.0. The highest BCUT2D eigenvalue weighted by atomic mass is 19.3. The van der Waals surface area contributed by atoms with Crippen LogP contribution in [0.5, 0.6) is 5.75 Å². The van der Waals surface area contributed by atoms with Crippen LogP contribution in [0, 0.1) is 12.8 Å². The first-order chi connectivity index (χ1) is 23.7. The number of oxazole rings is 1. The first-order valence-electron chi connectivity index (χ1n) is 17.0. The number of carboxylic acids is 1. The predicted molar refractivity (Wildman–Crippen MR) is 183 cm³/mol. The van der Waals surface area contributed by atoms with Gasteiger partial charge in [0.05, 0.1) is 0 Å². The van der Waals surface area contributed by atoms with Crippen molar-refractivity contribution < 1.29 is 27.8 Å². The van der Waals surface area contributed by atoms with E-state index in [0.29, 0.717) is 47.8 Å². The van der Waals surface area contributed by atoms with E-state index in [4.69, 9.17) is 19.1 Å². The number of hydrogen-bond donors (Lipinski definition) is 2. The van der Waals surface area contributed by atoms with E-state index in [0.717, 1.165) is 41.9 Å². The number of aryl methyl sites for hydroxylation is 1. The van der Waals surface area contributed by atoms with Gasteiger partial charge in [0, 0.05) is 36.8 Å². The van der Waals surface area contributed by atoms with Crippen LogP contribution in [0.2, 0.25) is 0 Å². The van der Waals surface area contributed by atoms with E-state index in [-0.39, 0.29) is 18.2 Å². The number of fused-ring (bicyclic) bond motifs is 1. The molecule has 49 heavy (non-hydrogen) atoms. The fourth-order valence-corrected chi connectivity index (χ4v) is 7.59. The summed E-state index contributed by atoms with van der Waals surface area (Å²) in [5.74, 6) is -0.171. The second-order valence-corrected chi connectivity index (χ2v) is 13.3. The standard InChI is InChI=1S/C38H41F2N5O4/c1-24-9-3-4-10-28(24)29-11-7-14-38(25(29)2,43-34-19-26(13-15-41-34)22-44-16-5-6-17-44)36-42-30-21-32(49-37(39)40)27(20-33(30)48-36)23-45-18-8-12-31(45)35(46)47/h3-4,7,9-11,13-15,19-21,25,31,37H,5-6,8,12,16-18,22-23H2,1-2H3,(H,41,43)(H,46,47)/t25?,31-,38?/m0/s1. The fourth-order valence-electron chi connectivity index (χ4n) is 7.59. The van der Waals surface area contributed by atoms with Crippen molar-refractivity contribution in [3.63, 3.8) is 0 Å². The molecule has 0 spiro atoms. The highest BCUT2D eigenvalue weighted by Crippen LogP contribution is 2.46. The predicted octanol–water partition coefficient (Wildman–Crippen LogP) is 7.37. The number of aliphatic carboxylic acids is 1. The van der Waals surface area contributed by atoms with Crippen LogP contribution in [-0.2, 0) is 23.4 Å². The third-order valence-corrected chi connectivity index (χ3v) is 10.2. The molecule has 0 radical (unpaired) electrons. The van der Waals surface area contributed by atoms with Crippen molar-refractivity contribution in [2.45, 2.75) is 70.8 Å². The second-order valence-electron chi connectivity index (χ2n) is 13.3. The number of carbonyl (C=O) groups is 1. The summed E-state index contributed by atoms with van der Waals surface area (Å²) in [6.45, 7) is 4.80. The van der Waals surface area contributed by atoms with E-state index in [1.54, 1.807) is 11.0 Å². The Morgan fingerprint density at radius 3 is 2.71 bits per heavy atom. The molecule has 2 N–H and O–H groups in total. The Morgan fingerprint density at radius 1 is 1.12 bits per heavy atom. The topological polar surface area (TPSA) is 104 Å². The molecule has 2 fully saturated rings. The highest BCUT2D eigenvalue weighted by Gasteiger charge is 2.44. The minimum absolute atomic E-state index is 0.0515. The van der Waals surface area contributed by atoms with E-state index < -0.39 is 24.2 Å². The maximum Gasteiger partial charge on any atom is 0.387 e. The number of aromatic nitrogens is 2. The number of ether oxygens (including phenoxy) is 1. The average Bonchev–Trinajstić information content (AvgIpc) is 3.85. The fraction of sp³-hybridized carbons (Fsp3) is 0.395. The molecule has 0 bridgehead atoms. The van der Waals surface area contributed by atoms with Crippen LogP contribution in [0.1, 0.15) is 60.8 Å². The molecule has 0 saturated carbocycles. The number of rotatable bonds is 11. The van der Waals surface area contributed by atoms with Crippen LogP contribution in [0.4, 0.5) is 14.6 Å². The lowest BCUT2D eigenvalue weighted by molar-refractivity contribution is -0.142. The van der Waals surface area contributed by atoms with Gasteiger partial charge >= 0.3 is 12.6 Å². The molecule has 2 unspecified atom stereocenters. The first kappa shape index (κ1) is 32.9. The monoisotopic (exact) mass is 669 g/mol. The molecule has 7 rings (SSSR count). The van der Waals surface area contributed by atoms with Crippen LogP contribution in [0.25, 0.3) is 16.7 Å². The number of alkyl halides is 2. The van der Waals surface area contributed by atoms with Gasteiger partial charge in [-0.2, -0.15) is 8.78 Å². The lowest BCUT2D eigenvalue weighted by Crippen LogP contribution is -2.42. The average molecular weight is 670 g/mol. The zero-order valence-electron chi connectivity index (χ0n) is 27.7. The summed E-state index contributed by atoms with van der Waals surface area (Å²) in [6, 6.07) is 14.8. The number of pyridine rings is 1. The normalized spacial score (nSPS) is 23.0. The third kappa shape index (κ3) is 6.69. The molecule has 2 aromatic carbocycles. The summed E-state index contributed by atoms with van der Waals surface area (Å²) in [5, 5.41) is 13.4. The summed E-state index contributed by atoms with van der Waals surface area (Å²) in [4.78, 5) is 25.7. The number of nitrogens with zero attached hydrogens (tertiary/aromatic N) is 4. The Labute approximate surface area is 284 Å². The summed E-state index contributed by atoms with van der Waals surface area (Å²) < 4.78 is 38.9. The van der Waals surface area contributed by atoms with Crippen molar-refractivity contribution in [3.05, 3.63) is 101 Å². The maximum absolute atomic E-state index is 13.7. The van der Waals surface area contributed by atoms with E-state index >= 15 is 0 Å². The molecule has 2 saturated heterocycles. The van der Waals surface area contributed by atoms with Gasteiger partial charge in [0.25, 0.3) is 0 Å². The van der Waals surface area contributed by atoms with Crippen molar-refractivity contribution in [1.29, 1.82) is 0 Å². The number of anilines is 1. The van der Waals surface area contributed by atoms with Crippen molar-refractivity contribution >= 4 is 28.5 Å². The van der Waals surface area contributed by atoms with Gasteiger partial charge in [0.1, 0.15) is 28.7 Å². The molecule has 3 aliphatic rings. The molecule has 2 aromatic heterocycles. The molecular weight excluding hydrogens is 628 g/mol. The third-order valence-electron chi connectivity index (χ3n) is 10.2. The lowest BCUT2D eigenvalue weighted by atomic mass is 9.73. The summed E-state index contributed by atoms with van der Waals surface area (Å²) in [5.41, 5.74) is 4.62. The maximum atomic E-state index is 13.7. The molecule has 1 aliphatic carbocycles. The Kier molecular flexibility index (Phi) is 9.21. The van der Waals surface area contributed by atoms with E-state index in [9.17, 15) is 18.7 Å². The SMILES string of the molecule is Cc1ccccc1C1=CC=CC(Nc2cc(CN3CCCC3)ccn2)(c2nc3cc(OC(F)F)c(CN4CCC[C@H]4C(=O)O)cc3o2)C1C. The molecule has 9 nitrogen and oxygen atoms in total. The Hall–Kier alpha value is -4.61. The van der Waals surface area contributed by atoms with Gasteiger partial charge in [0.2, 0.25) is 5.89 Å². The zero-order valence-corrected chi connectivity index (χ0v) is 27.7. The van der Waals surface area contributed by atoms with Gasteiger partial charge in [0.15, 0.2) is 5.58 Å².